The number of carbonyl (C=O) groups is 2. The van der Waals surface area contributed by atoms with E-state index in [-0.39, 0.29) is 17.7 Å². The molecule has 0 bridgehead atoms. The molecule has 1 N–H and O–H groups in total. The van der Waals surface area contributed by atoms with Crippen LogP contribution in [0.25, 0.3) is 0 Å². The summed E-state index contributed by atoms with van der Waals surface area (Å²) < 4.78 is 0.771. The molecule has 0 spiro atoms. The van der Waals surface area contributed by atoms with Gasteiger partial charge in [-0.05, 0) is 31.0 Å². The third-order valence-corrected chi connectivity index (χ3v) is 4.11. The molecule has 2 rings (SSSR count). The molecule has 1 atom stereocenters. The number of carbonyl (C=O) groups excluding carboxylic acids is 2. The number of nitrogens with zero attached hydrogens (tertiary/aromatic N) is 1. The van der Waals surface area contributed by atoms with Crippen molar-refractivity contribution in [2.45, 2.75) is 12.8 Å². The molecule has 2 amide bonds. The molecule has 6 heteroatoms. The van der Waals surface area contributed by atoms with Crippen molar-refractivity contribution in [3.8, 4) is 0 Å². The van der Waals surface area contributed by atoms with Gasteiger partial charge in [-0.3, -0.25) is 9.59 Å². The summed E-state index contributed by atoms with van der Waals surface area (Å²) in [6.07, 6.45) is 1.66. The first-order valence-corrected chi connectivity index (χ1v) is 7.65. The highest BCUT2D eigenvalue weighted by Crippen LogP contribution is 2.23. The molecule has 108 valence electrons. The van der Waals surface area contributed by atoms with Crippen LogP contribution in [-0.2, 0) is 4.79 Å². The molecule has 1 heterocycles. The first kappa shape index (κ1) is 15.3. The number of rotatable bonds is 2. The zero-order valence-corrected chi connectivity index (χ0v) is 13.5. The molecule has 4 nitrogen and oxygen atoms in total. The van der Waals surface area contributed by atoms with Gasteiger partial charge < -0.3 is 10.2 Å². The zero-order chi connectivity index (χ0) is 14.7. The Bertz CT molecular complexity index is 516. The topological polar surface area (TPSA) is 49.4 Å². The number of hydrogen-bond donors (Lipinski definition) is 1. The SMILES string of the molecule is CNC(=O)C1CCCN(C(=O)c2cc(Cl)cc(Br)c2)C1. The zero-order valence-electron chi connectivity index (χ0n) is 11.2. The van der Waals surface area contributed by atoms with Gasteiger partial charge in [0.2, 0.25) is 5.91 Å². The molecule has 0 aliphatic carbocycles. The average Bonchev–Trinajstić information content (AvgIpc) is 2.44. The first-order valence-electron chi connectivity index (χ1n) is 6.48. The molecule has 0 aromatic heterocycles. The van der Waals surface area contributed by atoms with E-state index in [1.54, 1.807) is 30.1 Å². The number of nitrogens with one attached hydrogen (secondary N) is 1. The van der Waals surface area contributed by atoms with E-state index in [0.717, 1.165) is 17.3 Å². The van der Waals surface area contributed by atoms with Crippen LogP contribution in [0.15, 0.2) is 22.7 Å². The van der Waals surface area contributed by atoms with Gasteiger partial charge >= 0.3 is 0 Å². The van der Waals surface area contributed by atoms with Crippen molar-refractivity contribution in [2.75, 3.05) is 20.1 Å². The van der Waals surface area contributed by atoms with E-state index in [1.807, 2.05) is 0 Å². The van der Waals surface area contributed by atoms with Gasteiger partial charge in [0, 0.05) is 35.2 Å². The Hall–Kier alpha value is -1.07. The van der Waals surface area contributed by atoms with Crippen molar-refractivity contribution in [1.82, 2.24) is 10.2 Å². The van der Waals surface area contributed by atoms with Gasteiger partial charge in [0.1, 0.15) is 0 Å². The molecular formula is C14H16BrClN2O2. The lowest BCUT2D eigenvalue weighted by atomic mass is 9.96. The number of hydrogen-bond acceptors (Lipinski definition) is 2. The smallest absolute Gasteiger partial charge is 0.253 e. The summed E-state index contributed by atoms with van der Waals surface area (Å²) >= 11 is 9.30. The Morgan fingerprint density at radius 3 is 2.80 bits per heavy atom. The van der Waals surface area contributed by atoms with E-state index >= 15 is 0 Å². The molecule has 1 aliphatic rings. The van der Waals surface area contributed by atoms with Crippen molar-refractivity contribution in [1.29, 1.82) is 0 Å². The quantitative estimate of drug-likeness (QED) is 0.882. The highest BCUT2D eigenvalue weighted by Gasteiger charge is 2.28. The van der Waals surface area contributed by atoms with Crippen molar-refractivity contribution in [3.63, 3.8) is 0 Å². The predicted molar refractivity (Wildman–Crippen MR) is 81.8 cm³/mol. The van der Waals surface area contributed by atoms with E-state index in [2.05, 4.69) is 21.2 Å². The van der Waals surface area contributed by atoms with Gasteiger partial charge in [-0.15, -0.1) is 0 Å². The molecule has 1 saturated heterocycles. The van der Waals surface area contributed by atoms with Crippen molar-refractivity contribution in [3.05, 3.63) is 33.3 Å². The minimum absolute atomic E-state index is 0.00484. The second-order valence-corrected chi connectivity index (χ2v) is 6.21. The van der Waals surface area contributed by atoms with Crippen LogP contribution < -0.4 is 5.32 Å². The highest BCUT2D eigenvalue weighted by atomic mass is 79.9. The molecule has 1 aromatic rings. The Labute approximate surface area is 131 Å². The van der Waals surface area contributed by atoms with Crippen LogP contribution in [0.3, 0.4) is 0 Å². The maximum Gasteiger partial charge on any atom is 0.253 e. The van der Waals surface area contributed by atoms with E-state index in [9.17, 15) is 9.59 Å². The van der Waals surface area contributed by atoms with Crippen LogP contribution >= 0.6 is 27.5 Å². The number of benzene rings is 1. The Balaban J connectivity index is 2.14. The van der Waals surface area contributed by atoms with Gasteiger partial charge in [-0.2, -0.15) is 0 Å². The Morgan fingerprint density at radius 2 is 2.15 bits per heavy atom. The molecule has 1 unspecified atom stereocenters. The lowest BCUT2D eigenvalue weighted by Gasteiger charge is -2.32. The number of likely N-dealkylation sites (tertiary alicyclic amines) is 1. The molecule has 20 heavy (non-hydrogen) atoms. The van der Waals surface area contributed by atoms with E-state index in [4.69, 9.17) is 11.6 Å². The summed E-state index contributed by atoms with van der Waals surface area (Å²) in [5.41, 5.74) is 0.543. The summed E-state index contributed by atoms with van der Waals surface area (Å²) in [7, 11) is 1.62. The minimum atomic E-state index is -0.125. The standard InChI is InChI=1S/C14H16BrClN2O2/c1-17-13(19)9-3-2-4-18(8-9)14(20)10-5-11(15)7-12(16)6-10/h5-7,9H,2-4,8H2,1H3,(H,17,19). The maximum absolute atomic E-state index is 12.5. The Morgan fingerprint density at radius 1 is 1.40 bits per heavy atom. The van der Waals surface area contributed by atoms with Gasteiger partial charge in [0.05, 0.1) is 5.92 Å². The predicted octanol–water partition coefficient (Wildman–Crippen LogP) is 2.70. The fourth-order valence-electron chi connectivity index (χ4n) is 2.44. The van der Waals surface area contributed by atoms with E-state index < -0.39 is 0 Å². The fraction of sp³-hybridized carbons (Fsp3) is 0.429. The highest BCUT2D eigenvalue weighted by molar-refractivity contribution is 9.10. The summed E-state index contributed by atoms with van der Waals surface area (Å²) in [5.74, 6) is -0.211. The average molecular weight is 360 g/mol. The van der Waals surface area contributed by atoms with Crippen molar-refractivity contribution >= 4 is 39.3 Å². The normalized spacial score (nSPS) is 18.8. The molecule has 1 aromatic carbocycles. The van der Waals surface area contributed by atoms with Gasteiger partial charge in [0.25, 0.3) is 5.91 Å². The second-order valence-electron chi connectivity index (χ2n) is 4.86. The summed E-state index contributed by atoms with van der Waals surface area (Å²) in [6.45, 7) is 1.14. The summed E-state index contributed by atoms with van der Waals surface area (Å²) in [6, 6.07) is 5.14. The summed E-state index contributed by atoms with van der Waals surface area (Å²) in [5, 5.41) is 3.16. The van der Waals surface area contributed by atoms with Crippen LogP contribution in [0.2, 0.25) is 5.02 Å². The van der Waals surface area contributed by atoms with Gasteiger partial charge in [-0.1, -0.05) is 27.5 Å². The van der Waals surface area contributed by atoms with Crippen molar-refractivity contribution in [2.24, 2.45) is 5.92 Å². The molecule has 1 aliphatic heterocycles. The fourth-order valence-corrected chi connectivity index (χ4v) is 3.30. The molecule has 0 saturated carbocycles. The monoisotopic (exact) mass is 358 g/mol. The summed E-state index contributed by atoms with van der Waals surface area (Å²) in [4.78, 5) is 25.9. The third kappa shape index (κ3) is 3.52. The van der Waals surface area contributed by atoms with Crippen LogP contribution in [0, 0.1) is 5.92 Å². The minimum Gasteiger partial charge on any atom is -0.359 e. The lowest BCUT2D eigenvalue weighted by molar-refractivity contribution is -0.125. The lowest BCUT2D eigenvalue weighted by Crippen LogP contribution is -2.44. The van der Waals surface area contributed by atoms with Crippen LogP contribution in [0.4, 0.5) is 0 Å². The van der Waals surface area contributed by atoms with Crippen molar-refractivity contribution < 1.29 is 9.59 Å². The van der Waals surface area contributed by atoms with Crippen LogP contribution in [0.5, 0.6) is 0 Å². The number of piperidine rings is 1. The maximum atomic E-state index is 12.5. The first-order chi connectivity index (χ1) is 9.51. The van der Waals surface area contributed by atoms with Crippen LogP contribution in [-0.4, -0.2) is 36.9 Å². The van der Waals surface area contributed by atoms with E-state index in [1.165, 1.54) is 0 Å². The second kappa shape index (κ2) is 6.59. The third-order valence-electron chi connectivity index (χ3n) is 3.44. The molecular weight excluding hydrogens is 344 g/mol. The van der Waals surface area contributed by atoms with Crippen LogP contribution in [0.1, 0.15) is 23.2 Å². The largest absolute Gasteiger partial charge is 0.359 e. The molecule has 1 fully saturated rings. The number of halogens is 2. The number of amides is 2. The Kier molecular flexibility index (Phi) is 5.05. The van der Waals surface area contributed by atoms with Gasteiger partial charge in [0.15, 0.2) is 0 Å². The van der Waals surface area contributed by atoms with E-state index in [0.29, 0.717) is 23.7 Å². The van der Waals surface area contributed by atoms with Gasteiger partial charge in [-0.25, -0.2) is 0 Å². The molecule has 0 radical (unpaired) electrons.